The van der Waals surface area contributed by atoms with E-state index in [-0.39, 0.29) is 38.9 Å². The Hall–Kier alpha value is -7.80. The van der Waals surface area contributed by atoms with Gasteiger partial charge >= 0.3 is 12.2 Å². The second-order valence-electron chi connectivity index (χ2n) is 20.7. The Bertz CT molecular complexity index is 2340. The molecule has 0 heterocycles. The molecule has 8 amide bonds. The summed E-state index contributed by atoms with van der Waals surface area (Å²) >= 11 is 0. The standard InChI is InChI=1S/C57H76N8O11/c1-37(2)49(62-47(68)33-58-45(66)31-56(5,6)64-54(73)75-35-41-25-17-11-18-26-41)52(71)60-43(29-39-21-13-9-14-22-39)51(70)44(30-40-23-15-10-16-24-40)61-53(72)50(38(3)4)63-48(69)34-59-46(67)32-57(7,8)65-55(74)76-36-42-27-19-12-20-28-42/h9-28,37-38,43-44,49-51,70H,29-36H2,1-8H3,(H,58,66)(H,59,67)(H,60,71)(H,61,72)(H,62,68)(H,63,69)(H,64,73)(H,65,74)/t43-,44-,49-,50-/m0/s1. The number of benzene rings is 4. The van der Waals surface area contributed by atoms with Crippen LogP contribution in [0.1, 0.15) is 90.5 Å². The highest BCUT2D eigenvalue weighted by atomic mass is 16.6. The number of alkyl carbamates (subject to hydrolysis) is 2. The van der Waals surface area contributed by atoms with Crippen LogP contribution < -0.4 is 42.5 Å². The van der Waals surface area contributed by atoms with Crippen molar-refractivity contribution >= 4 is 47.6 Å². The predicted octanol–water partition coefficient (Wildman–Crippen LogP) is 4.51. The third-order valence-electron chi connectivity index (χ3n) is 12.0. The van der Waals surface area contributed by atoms with Gasteiger partial charge < -0.3 is 57.1 Å². The van der Waals surface area contributed by atoms with E-state index in [0.717, 1.165) is 22.3 Å². The molecule has 9 N–H and O–H groups in total. The third kappa shape index (κ3) is 22.4. The number of nitrogens with one attached hydrogen (secondary N) is 8. The summed E-state index contributed by atoms with van der Waals surface area (Å²) in [5.74, 6) is -4.59. The minimum Gasteiger partial charge on any atom is -0.445 e. The summed E-state index contributed by atoms with van der Waals surface area (Å²) in [5.41, 5.74) is 1.02. The number of ether oxygens (including phenoxy) is 2. The zero-order valence-electron chi connectivity index (χ0n) is 44.8. The molecular weight excluding hydrogens is 973 g/mol. The van der Waals surface area contributed by atoms with Gasteiger partial charge in [0, 0.05) is 23.9 Å². The first kappa shape index (κ1) is 60.8. The Labute approximate surface area is 445 Å². The molecule has 0 aromatic heterocycles. The van der Waals surface area contributed by atoms with Gasteiger partial charge in [-0.15, -0.1) is 0 Å². The molecule has 19 nitrogen and oxygen atoms in total. The van der Waals surface area contributed by atoms with Crippen molar-refractivity contribution in [3.8, 4) is 0 Å². The maximum Gasteiger partial charge on any atom is 0.407 e. The molecule has 0 aliphatic carbocycles. The van der Waals surface area contributed by atoms with Gasteiger partial charge in [0.15, 0.2) is 0 Å². The van der Waals surface area contributed by atoms with Crippen LogP contribution in [0.5, 0.6) is 0 Å². The lowest BCUT2D eigenvalue weighted by Crippen LogP contribution is -2.61. The normalized spacial score (nSPS) is 13.0. The fourth-order valence-corrected chi connectivity index (χ4v) is 8.04. The van der Waals surface area contributed by atoms with E-state index in [9.17, 15) is 43.5 Å². The molecule has 0 saturated heterocycles. The van der Waals surface area contributed by atoms with Crippen LogP contribution in [0.2, 0.25) is 0 Å². The summed E-state index contributed by atoms with van der Waals surface area (Å²) < 4.78 is 10.6. The van der Waals surface area contributed by atoms with Crippen molar-refractivity contribution in [1.82, 2.24) is 42.5 Å². The Morgan fingerprint density at radius 2 is 0.750 bits per heavy atom. The number of carbonyl (C=O) groups is 8. The molecule has 0 spiro atoms. The molecule has 4 aromatic rings. The van der Waals surface area contributed by atoms with Crippen LogP contribution >= 0.6 is 0 Å². The van der Waals surface area contributed by atoms with Crippen LogP contribution in [-0.4, -0.2) is 107 Å². The van der Waals surface area contributed by atoms with Crippen molar-refractivity contribution in [3.05, 3.63) is 144 Å². The van der Waals surface area contributed by atoms with Gasteiger partial charge in [-0.3, -0.25) is 28.8 Å². The SMILES string of the molecule is CC(C)[C@H](NC(=O)CNC(=O)CC(C)(C)NC(=O)OCc1ccccc1)C(=O)N[C@@H](Cc1ccccc1)C(O)[C@H](Cc1ccccc1)NC(=O)[C@@H](NC(=O)CNC(=O)CC(C)(C)NC(=O)OCc1ccccc1)C(C)C. The summed E-state index contributed by atoms with van der Waals surface area (Å²) in [6.45, 7) is 12.6. The maximum atomic E-state index is 14.3. The van der Waals surface area contributed by atoms with E-state index in [2.05, 4.69) is 42.5 Å². The van der Waals surface area contributed by atoms with Crippen LogP contribution in [0.25, 0.3) is 0 Å². The number of rotatable bonds is 28. The Morgan fingerprint density at radius 1 is 0.447 bits per heavy atom. The minimum absolute atomic E-state index is 0.0424. The highest BCUT2D eigenvalue weighted by Gasteiger charge is 2.36. The van der Waals surface area contributed by atoms with Gasteiger partial charge in [0.05, 0.1) is 31.3 Å². The predicted molar refractivity (Wildman–Crippen MR) is 287 cm³/mol. The van der Waals surface area contributed by atoms with Gasteiger partial charge in [-0.25, -0.2) is 9.59 Å². The van der Waals surface area contributed by atoms with Crippen LogP contribution in [0.4, 0.5) is 9.59 Å². The topological polar surface area (TPSA) is 271 Å². The maximum absolute atomic E-state index is 14.3. The van der Waals surface area contributed by atoms with E-state index < -0.39 is 114 Å². The first-order chi connectivity index (χ1) is 36.0. The molecule has 0 fully saturated rings. The summed E-state index contributed by atoms with van der Waals surface area (Å²) in [6, 6.07) is 32.1. The fraction of sp³-hybridized carbons (Fsp3) is 0.439. The Morgan fingerprint density at radius 3 is 1.05 bits per heavy atom. The minimum atomic E-state index is -1.45. The number of hydrogen-bond acceptors (Lipinski definition) is 11. The van der Waals surface area contributed by atoms with Gasteiger partial charge in [0.1, 0.15) is 25.3 Å². The molecule has 4 atom stereocenters. The summed E-state index contributed by atoms with van der Waals surface area (Å²) in [7, 11) is 0. The van der Waals surface area contributed by atoms with Crippen molar-refractivity contribution in [1.29, 1.82) is 0 Å². The first-order valence-corrected chi connectivity index (χ1v) is 25.5. The number of carbonyl (C=O) groups excluding carboxylic acids is 8. The number of amides is 8. The molecule has 0 aliphatic rings. The molecule has 410 valence electrons. The van der Waals surface area contributed by atoms with Gasteiger partial charge in [-0.2, -0.15) is 0 Å². The molecule has 0 bridgehead atoms. The van der Waals surface area contributed by atoms with Crippen LogP contribution in [-0.2, 0) is 64.3 Å². The summed E-state index contributed by atoms with van der Waals surface area (Å²) in [6.07, 6.45) is -3.04. The highest BCUT2D eigenvalue weighted by Crippen LogP contribution is 2.17. The van der Waals surface area contributed by atoms with Gasteiger partial charge in [0.2, 0.25) is 35.4 Å². The number of aliphatic hydroxyl groups excluding tert-OH is 1. The lowest BCUT2D eigenvalue weighted by molar-refractivity contribution is -0.132. The first-order valence-electron chi connectivity index (χ1n) is 25.5. The molecule has 0 radical (unpaired) electrons. The van der Waals surface area contributed by atoms with E-state index in [4.69, 9.17) is 9.47 Å². The quantitative estimate of drug-likeness (QED) is 0.0382. The smallest absolute Gasteiger partial charge is 0.407 e. The monoisotopic (exact) mass is 1050 g/mol. The average Bonchev–Trinajstić information content (AvgIpc) is 3.36. The van der Waals surface area contributed by atoms with E-state index in [1.165, 1.54) is 0 Å². The highest BCUT2D eigenvalue weighted by molar-refractivity contribution is 5.92. The molecule has 0 unspecified atom stereocenters. The molecule has 4 aromatic carbocycles. The fourth-order valence-electron chi connectivity index (χ4n) is 8.04. The Balaban J connectivity index is 1.40. The van der Waals surface area contributed by atoms with Crippen LogP contribution in [0, 0.1) is 11.8 Å². The second kappa shape index (κ2) is 29.9. The van der Waals surface area contributed by atoms with Gasteiger partial charge in [-0.1, -0.05) is 149 Å². The van der Waals surface area contributed by atoms with Crippen LogP contribution in [0.3, 0.4) is 0 Å². The van der Waals surface area contributed by atoms with E-state index in [1.807, 2.05) is 121 Å². The van der Waals surface area contributed by atoms with Crippen molar-refractivity contribution in [3.63, 3.8) is 0 Å². The van der Waals surface area contributed by atoms with Crippen LogP contribution in [0.15, 0.2) is 121 Å². The molecule has 0 saturated carbocycles. The number of hydrogen-bond donors (Lipinski definition) is 9. The van der Waals surface area contributed by atoms with Gasteiger partial charge in [-0.05, 0) is 74.6 Å². The largest absolute Gasteiger partial charge is 0.445 e. The van der Waals surface area contributed by atoms with Crippen molar-refractivity contribution < 1.29 is 52.9 Å². The number of aliphatic hydroxyl groups is 1. The lowest BCUT2D eigenvalue weighted by Gasteiger charge is -2.34. The second-order valence-corrected chi connectivity index (χ2v) is 20.7. The van der Waals surface area contributed by atoms with E-state index in [1.54, 1.807) is 55.4 Å². The van der Waals surface area contributed by atoms with E-state index >= 15 is 0 Å². The van der Waals surface area contributed by atoms with Crippen molar-refractivity contribution in [2.24, 2.45) is 11.8 Å². The third-order valence-corrected chi connectivity index (χ3v) is 12.0. The summed E-state index contributed by atoms with van der Waals surface area (Å²) in [5, 5.41) is 34.1. The van der Waals surface area contributed by atoms with E-state index in [0.29, 0.717) is 0 Å². The zero-order valence-corrected chi connectivity index (χ0v) is 44.8. The zero-order chi connectivity index (χ0) is 55.8. The average molecular weight is 1050 g/mol. The molecule has 76 heavy (non-hydrogen) atoms. The molecule has 19 heteroatoms. The van der Waals surface area contributed by atoms with Crippen molar-refractivity contribution in [2.45, 2.75) is 136 Å². The Kier molecular flexibility index (Phi) is 23.9. The van der Waals surface area contributed by atoms with Gasteiger partial charge in [0.25, 0.3) is 0 Å². The molecule has 0 aliphatic heterocycles. The van der Waals surface area contributed by atoms with Crippen molar-refractivity contribution in [2.75, 3.05) is 13.1 Å². The lowest BCUT2D eigenvalue weighted by atomic mass is 9.91. The molecular formula is C57H76N8O11. The summed E-state index contributed by atoms with van der Waals surface area (Å²) in [4.78, 5) is 106. The molecule has 4 rings (SSSR count).